The van der Waals surface area contributed by atoms with Crippen molar-refractivity contribution in [2.75, 3.05) is 26.4 Å². The Bertz CT molecular complexity index is 1850. The Morgan fingerprint density at radius 1 is 0.980 bits per heavy atom. The summed E-state index contributed by atoms with van der Waals surface area (Å²) in [7, 11) is -4.98. The van der Waals surface area contributed by atoms with Crippen molar-refractivity contribution in [3.63, 3.8) is 0 Å². The van der Waals surface area contributed by atoms with Crippen LogP contribution in [-0.4, -0.2) is 103 Å². The van der Waals surface area contributed by atoms with Gasteiger partial charge < -0.3 is 38.4 Å². The van der Waals surface area contributed by atoms with E-state index in [1.165, 1.54) is 27.9 Å². The minimum absolute atomic E-state index is 0.0342. The van der Waals surface area contributed by atoms with Crippen molar-refractivity contribution >= 4 is 49.1 Å². The molecule has 0 spiro atoms. The fourth-order valence-corrected chi connectivity index (χ4v) is 8.26. The number of imidazole rings is 1. The number of phosphoric acid groups is 1. The molecule has 3 aromatic rings. The highest BCUT2D eigenvalue weighted by molar-refractivity contribution is 8.54. The molecule has 2 fully saturated rings. The lowest BCUT2D eigenvalue weighted by Gasteiger charge is -2.25. The fraction of sp³-hybridized carbons (Fsp3) is 0.464. The summed E-state index contributed by atoms with van der Waals surface area (Å²) in [5.41, 5.74) is -0.825. The molecule has 0 saturated carbocycles. The SMILES string of the molecule is C=CCO[C@H]1[C@H](n2cnc3c(ncn3[C@@H]3O[C@H](COP(=O)(O)O)[C@@H](OC(C)=O)[C@H]3OC(C)=O)c2=O)CO[C@@H]1COP(=O)(O)Sc1ccccc1. The van der Waals surface area contributed by atoms with Crippen LogP contribution in [0.4, 0.5) is 0 Å². The van der Waals surface area contributed by atoms with E-state index in [9.17, 15) is 38.2 Å². The maximum absolute atomic E-state index is 13.8. The zero-order chi connectivity index (χ0) is 36.2. The Morgan fingerprint density at radius 3 is 2.30 bits per heavy atom. The topological polar surface area (TPSA) is 246 Å². The Kier molecular flexibility index (Phi) is 12.1. The van der Waals surface area contributed by atoms with Crippen LogP contribution in [0.5, 0.6) is 0 Å². The molecule has 5 rings (SSSR count). The van der Waals surface area contributed by atoms with Crippen LogP contribution in [0.2, 0.25) is 0 Å². The van der Waals surface area contributed by atoms with E-state index in [0.717, 1.165) is 13.8 Å². The van der Waals surface area contributed by atoms with E-state index in [2.05, 4.69) is 21.1 Å². The van der Waals surface area contributed by atoms with Gasteiger partial charge in [-0.15, -0.1) is 6.58 Å². The lowest BCUT2D eigenvalue weighted by molar-refractivity contribution is -0.165. The first kappa shape index (κ1) is 38.0. The Labute approximate surface area is 288 Å². The molecule has 1 aromatic carbocycles. The van der Waals surface area contributed by atoms with Crippen LogP contribution in [-0.2, 0) is 51.5 Å². The number of rotatable bonds is 15. The number of esters is 2. The van der Waals surface area contributed by atoms with Crippen molar-refractivity contribution in [1.82, 2.24) is 19.1 Å². The number of benzene rings is 1. The highest BCUT2D eigenvalue weighted by atomic mass is 32.7. The summed E-state index contributed by atoms with van der Waals surface area (Å²) in [4.78, 5) is 75.8. The summed E-state index contributed by atoms with van der Waals surface area (Å²) in [6.07, 6.45) is -3.22. The highest BCUT2D eigenvalue weighted by Crippen LogP contribution is 2.59. The van der Waals surface area contributed by atoms with E-state index in [4.69, 9.17) is 28.2 Å². The predicted octanol–water partition coefficient (Wildman–Crippen LogP) is 1.88. The van der Waals surface area contributed by atoms with E-state index < -0.39 is 81.5 Å². The van der Waals surface area contributed by atoms with Gasteiger partial charge in [0, 0.05) is 18.7 Å². The monoisotopic (exact) mass is 760 g/mol. The number of ether oxygens (including phenoxy) is 5. The second-order valence-corrected chi connectivity index (χ2v) is 16.0. The third-order valence-corrected chi connectivity index (χ3v) is 10.8. The van der Waals surface area contributed by atoms with Crippen molar-refractivity contribution in [3.8, 4) is 0 Å². The van der Waals surface area contributed by atoms with Crippen LogP contribution < -0.4 is 5.56 Å². The lowest BCUT2D eigenvalue weighted by Crippen LogP contribution is -2.40. The number of nitrogens with zero attached hydrogens (tertiary/aromatic N) is 4. The first-order valence-electron chi connectivity index (χ1n) is 14.9. The zero-order valence-corrected chi connectivity index (χ0v) is 29.1. The molecular formula is C28H34N4O15P2S. The maximum Gasteiger partial charge on any atom is 0.469 e. The average molecular weight is 761 g/mol. The Hall–Kier alpha value is -3.26. The smallest absolute Gasteiger partial charge is 0.456 e. The highest BCUT2D eigenvalue weighted by Gasteiger charge is 2.51. The quantitative estimate of drug-likeness (QED) is 0.114. The summed E-state index contributed by atoms with van der Waals surface area (Å²) in [6, 6.07) is 7.76. The van der Waals surface area contributed by atoms with Crippen molar-refractivity contribution in [2.24, 2.45) is 0 Å². The lowest BCUT2D eigenvalue weighted by atomic mass is 10.1. The minimum atomic E-state index is -4.98. The molecule has 3 N–H and O–H groups in total. The summed E-state index contributed by atoms with van der Waals surface area (Å²) in [5, 5.41) is 0. The molecule has 2 aromatic heterocycles. The van der Waals surface area contributed by atoms with Gasteiger partial charge in [0.1, 0.15) is 24.6 Å². The van der Waals surface area contributed by atoms with Crippen molar-refractivity contribution in [2.45, 2.75) is 61.5 Å². The summed E-state index contributed by atoms with van der Waals surface area (Å²) in [6.45, 7) is 0.588. The predicted molar refractivity (Wildman–Crippen MR) is 172 cm³/mol. The molecular weight excluding hydrogens is 726 g/mol. The van der Waals surface area contributed by atoms with Gasteiger partial charge in [-0.25, -0.2) is 19.1 Å². The molecule has 2 aliphatic heterocycles. The molecule has 0 radical (unpaired) electrons. The van der Waals surface area contributed by atoms with E-state index >= 15 is 0 Å². The first-order chi connectivity index (χ1) is 23.7. The largest absolute Gasteiger partial charge is 0.469 e. The molecule has 50 heavy (non-hydrogen) atoms. The van der Waals surface area contributed by atoms with Gasteiger partial charge in [0.05, 0.1) is 38.8 Å². The van der Waals surface area contributed by atoms with Gasteiger partial charge in [0.15, 0.2) is 29.6 Å². The molecule has 0 amide bonds. The molecule has 0 aliphatic carbocycles. The van der Waals surface area contributed by atoms with Crippen LogP contribution in [0.15, 0.2) is 65.3 Å². The number of carbonyl (C=O) groups excluding carboxylic acids is 2. The molecule has 8 atom stereocenters. The van der Waals surface area contributed by atoms with Gasteiger partial charge in [-0.2, -0.15) is 0 Å². The normalized spacial score (nSPS) is 26.5. The third-order valence-electron chi connectivity index (χ3n) is 7.44. The summed E-state index contributed by atoms with van der Waals surface area (Å²) >= 11 is 0.668. The van der Waals surface area contributed by atoms with Crippen LogP contribution >= 0.6 is 26.0 Å². The summed E-state index contributed by atoms with van der Waals surface area (Å²) in [5.74, 6) is -1.60. The molecule has 2 saturated heterocycles. The molecule has 1 unspecified atom stereocenters. The van der Waals surface area contributed by atoms with Gasteiger partial charge in [0.25, 0.3) is 5.56 Å². The van der Waals surface area contributed by atoms with Gasteiger partial charge in [-0.1, -0.05) is 24.3 Å². The minimum Gasteiger partial charge on any atom is -0.456 e. The Morgan fingerprint density at radius 2 is 1.64 bits per heavy atom. The van der Waals surface area contributed by atoms with Crippen LogP contribution in [0.25, 0.3) is 11.2 Å². The third kappa shape index (κ3) is 9.15. The standard InChI is InChI=1S/C28H34N4O15P2S/c1-4-10-41-23-19(11-42-20(23)12-44-49(39,40)50-18-8-6-5-7-9-18)31-15-30-26-22(27(31)35)29-14-32(26)28-25(46-17(3)34)24(45-16(2)33)21(47-28)13-43-48(36,37)38/h4-9,14-15,19-21,23-25,28H,1,10-13H2,2-3H3,(H,39,40)(H2,36,37,38)/t19-,20-,21-,23+,24-,25-,28-/m1/s1. The van der Waals surface area contributed by atoms with Gasteiger partial charge in [-0.05, 0) is 23.5 Å². The summed E-state index contributed by atoms with van der Waals surface area (Å²) < 4.78 is 65.0. The number of phosphoric ester groups is 1. The van der Waals surface area contributed by atoms with Crippen molar-refractivity contribution in [1.29, 1.82) is 0 Å². The maximum atomic E-state index is 13.8. The number of fused-ring (bicyclic) bond motifs is 1. The number of hydrogen-bond donors (Lipinski definition) is 3. The van der Waals surface area contributed by atoms with Crippen LogP contribution in [0.3, 0.4) is 0 Å². The van der Waals surface area contributed by atoms with Gasteiger partial charge in [-0.3, -0.25) is 32.6 Å². The van der Waals surface area contributed by atoms with Crippen LogP contribution in [0.1, 0.15) is 26.1 Å². The molecule has 2 aliphatic rings. The molecule has 0 bridgehead atoms. The number of carbonyl (C=O) groups is 2. The second-order valence-electron chi connectivity index (χ2n) is 11.0. The first-order valence-corrected chi connectivity index (χ1v) is 19.4. The van der Waals surface area contributed by atoms with E-state index in [-0.39, 0.29) is 31.0 Å². The Balaban J connectivity index is 1.40. The second kappa shape index (κ2) is 16.0. The molecule has 19 nitrogen and oxygen atoms in total. The van der Waals surface area contributed by atoms with Crippen LogP contribution in [0, 0.1) is 0 Å². The molecule has 272 valence electrons. The van der Waals surface area contributed by atoms with Crippen molar-refractivity contribution < 1.29 is 66.1 Å². The molecule has 22 heteroatoms. The number of aromatic nitrogens is 4. The fourth-order valence-electron chi connectivity index (χ4n) is 5.48. The number of hydrogen-bond acceptors (Lipinski definition) is 15. The zero-order valence-electron chi connectivity index (χ0n) is 26.5. The molecule has 4 heterocycles. The van der Waals surface area contributed by atoms with E-state index in [1.54, 1.807) is 30.3 Å². The average Bonchev–Trinajstić information content (AvgIpc) is 3.74. The van der Waals surface area contributed by atoms with E-state index in [1.807, 2.05) is 0 Å². The van der Waals surface area contributed by atoms with E-state index in [0.29, 0.717) is 16.3 Å². The van der Waals surface area contributed by atoms with Crippen molar-refractivity contribution in [3.05, 3.63) is 66.0 Å². The van der Waals surface area contributed by atoms with Gasteiger partial charge >= 0.3 is 26.6 Å². The van der Waals surface area contributed by atoms with Gasteiger partial charge in [0.2, 0.25) is 0 Å².